The number of nitrogens with zero attached hydrogens (tertiary/aromatic N) is 2. The highest BCUT2D eigenvalue weighted by molar-refractivity contribution is 14.0. The maximum Gasteiger partial charge on any atom is 0.251 e. The van der Waals surface area contributed by atoms with E-state index in [1.54, 1.807) is 7.05 Å². The molecule has 0 unspecified atom stereocenters. The Hall–Kier alpha value is -2.03. The number of carbonyl (C=O) groups excluding carboxylic acids is 1. The van der Waals surface area contributed by atoms with E-state index in [2.05, 4.69) is 25.5 Å². The van der Waals surface area contributed by atoms with Gasteiger partial charge in [-0.25, -0.2) is 0 Å². The lowest BCUT2D eigenvalue weighted by Crippen LogP contribution is -2.40. The van der Waals surface area contributed by atoms with Gasteiger partial charge in [0.15, 0.2) is 5.96 Å². The molecule has 0 bridgehead atoms. The molecule has 25 heavy (non-hydrogen) atoms. The summed E-state index contributed by atoms with van der Waals surface area (Å²) in [6.07, 6.45) is 4.90. The van der Waals surface area contributed by atoms with Crippen LogP contribution >= 0.6 is 24.0 Å². The monoisotopic (exact) mass is 455 g/mol. The lowest BCUT2D eigenvalue weighted by molar-refractivity contribution is 0.0953. The zero-order chi connectivity index (χ0) is 17.0. The summed E-state index contributed by atoms with van der Waals surface area (Å²) in [6, 6.07) is 13.3. The normalized spacial score (nSPS) is 10.7. The van der Waals surface area contributed by atoms with Crippen LogP contribution < -0.4 is 16.0 Å². The van der Waals surface area contributed by atoms with E-state index in [0.29, 0.717) is 12.1 Å². The largest absolute Gasteiger partial charge is 0.356 e. The molecule has 7 heteroatoms. The minimum Gasteiger partial charge on any atom is -0.356 e. The van der Waals surface area contributed by atoms with Gasteiger partial charge in [0.05, 0.1) is 0 Å². The van der Waals surface area contributed by atoms with Crippen molar-refractivity contribution in [3.05, 3.63) is 60.4 Å². The number of nitrogens with one attached hydrogen (secondary N) is 3. The van der Waals surface area contributed by atoms with Gasteiger partial charge in [0.2, 0.25) is 0 Å². The molecule has 1 amide bonds. The molecule has 0 aliphatic carbocycles. The number of benzene rings is 1. The Kier molecular flexibility index (Phi) is 10.4. The van der Waals surface area contributed by atoms with E-state index in [9.17, 15) is 4.79 Å². The number of hydrogen-bond acceptors (Lipinski definition) is 2. The molecule has 0 aliphatic heterocycles. The highest BCUT2D eigenvalue weighted by Crippen LogP contribution is 1.97. The smallest absolute Gasteiger partial charge is 0.251 e. The fourth-order valence-electron chi connectivity index (χ4n) is 2.23. The first-order valence-electron chi connectivity index (χ1n) is 8.18. The van der Waals surface area contributed by atoms with Crippen molar-refractivity contribution in [3.63, 3.8) is 0 Å². The third-order valence-electron chi connectivity index (χ3n) is 3.52. The van der Waals surface area contributed by atoms with Crippen molar-refractivity contribution in [2.24, 2.45) is 4.99 Å². The van der Waals surface area contributed by atoms with Crippen LogP contribution in [0.25, 0.3) is 0 Å². The summed E-state index contributed by atoms with van der Waals surface area (Å²) in [4.78, 5) is 16.1. The lowest BCUT2D eigenvalue weighted by Gasteiger charge is -2.12. The van der Waals surface area contributed by atoms with Crippen LogP contribution in [0.5, 0.6) is 0 Å². The number of aromatic nitrogens is 1. The van der Waals surface area contributed by atoms with Gasteiger partial charge in [-0.3, -0.25) is 9.79 Å². The standard InChI is InChI=1S/C18H25N5O.HI/c1-19-18(22-12-15-23-13-5-6-14-23)21-11-7-10-20-17(24)16-8-3-2-4-9-16;/h2-6,8-9,13-14H,7,10-12,15H2,1H3,(H,20,24)(H2,19,21,22);1H. The van der Waals surface area contributed by atoms with Crippen molar-refractivity contribution in [2.45, 2.75) is 13.0 Å². The van der Waals surface area contributed by atoms with Crippen LogP contribution in [0.15, 0.2) is 59.9 Å². The van der Waals surface area contributed by atoms with Crippen LogP contribution in [0.4, 0.5) is 0 Å². The van der Waals surface area contributed by atoms with Gasteiger partial charge >= 0.3 is 0 Å². The quantitative estimate of drug-likeness (QED) is 0.247. The van der Waals surface area contributed by atoms with Crippen molar-refractivity contribution < 1.29 is 4.79 Å². The molecular formula is C18H26IN5O. The molecule has 0 fully saturated rings. The number of guanidine groups is 1. The third kappa shape index (κ3) is 8.06. The van der Waals surface area contributed by atoms with Crippen LogP contribution in [0.2, 0.25) is 0 Å². The maximum atomic E-state index is 11.9. The SMILES string of the molecule is CN=C(NCCCNC(=O)c1ccccc1)NCCn1cccc1.I. The summed E-state index contributed by atoms with van der Waals surface area (Å²) in [5.74, 6) is 0.737. The summed E-state index contributed by atoms with van der Waals surface area (Å²) in [7, 11) is 1.75. The molecule has 1 aromatic carbocycles. The molecule has 0 saturated heterocycles. The second-order valence-corrected chi connectivity index (χ2v) is 5.32. The molecule has 1 aromatic heterocycles. The number of amides is 1. The molecule has 3 N–H and O–H groups in total. The van der Waals surface area contributed by atoms with E-state index >= 15 is 0 Å². The fraction of sp³-hybridized carbons (Fsp3) is 0.333. The number of aliphatic imine (C=N–C) groups is 1. The predicted octanol–water partition coefficient (Wildman–Crippen LogP) is 2.09. The Bertz CT molecular complexity index is 628. The summed E-state index contributed by atoms with van der Waals surface area (Å²) in [6.45, 7) is 3.07. The Balaban J connectivity index is 0.00000312. The van der Waals surface area contributed by atoms with Crippen LogP contribution in [0, 0.1) is 0 Å². The molecule has 2 aromatic rings. The first-order valence-corrected chi connectivity index (χ1v) is 8.18. The minimum absolute atomic E-state index is 0. The zero-order valence-corrected chi connectivity index (χ0v) is 16.8. The predicted molar refractivity (Wildman–Crippen MR) is 113 cm³/mol. The summed E-state index contributed by atoms with van der Waals surface area (Å²) in [5, 5.41) is 9.42. The minimum atomic E-state index is -0.0372. The van der Waals surface area contributed by atoms with Crippen LogP contribution in [0.3, 0.4) is 0 Å². The molecule has 0 spiro atoms. The van der Waals surface area contributed by atoms with E-state index in [0.717, 1.165) is 32.0 Å². The van der Waals surface area contributed by atoms with Gasteiger partial charge < -0.3 is 20.5 Å². The molecule has 0 aliphatic rings. The maximum absolute atomic E-state index is 11.9. The topological polar surface area (TPSA) is 70.4 Å². The summed E-state index contributed by atoms with van der Waals surface area (Å²) < 4.78 is 2.11. The first kappa shape index (κ1) is 21.0. The van der Waals surface area contributed by atoms with Gasteiger partial charge in [0.1, 0.15) is 0 Å². The van der Waals surface area contributed by atoms with Gasteiger partial charge in [-0.15, -0.1) is 24.0 Å². The van der Waals surface area contributed by atoms with Crippen LogP contribution in [-0.4, -0.2) is 43.1 Å². The number of rotatable bonds is 8. The molecule has 6 nitrogen and oxygen atoms in total. The van der Waals surface area contributed by atoms with E-state index in [1.807, 2.05) is 54.9 Å². The highest BCUT2D eigenvalue weighted by atomic mass is 127. The Morgan fingerprint density at radius 1 is 0.960 bits per heavy atom. The molecule has 0 atom stereocenters. The third-order valence-corrected chi connectivity index (χ3v) is 3.52. The first-order chi connectivity index (χ1) is 11.8. The van der Waals surface area contributed by atoms with E-state index in [4.69, 9.17) is 0 Å². The van der Waals surface area contributed by atoms with Crippen LogP contribution in [-0.2, 0) is 6.54 Å². The molecule has 0 radical (unpaired) electrons. The van der Waals surface area contributed by atoms with Gasteiger partial charge in [0, 0.05) is 51.2 Å². The van der Waals surface area contributed by atoms with Crippen molar-refractivity contribution in [2.75, 3.05) is 26.7 Å². The van der Waals surface area contributed by atoms with Crippen molar-refractivity contribution in [3.8, 4) is 0 Å². The zero-order valence-electron chi connectivity index (χ0n) is 14.4. The second kappa shape index (κ2) is 12.3. The Labute approximate surface area is 166 Å². The molecular weight excluding hydrogens is 429 g/mol. The van der Waals surface area contributed by atoms with Gasteiger partial charge in [0.25, 0.3) is 5.91 Å². The average Bonchev–Trinajstić information content (AvgIpc) is 3.14. The lowest BCUT2D eigenvalue weighted by atomic mass is 10.2. The van der Waals surface area contributed by atoms with E-state index < -0.39 is 0 Å². The van der Waals surface area contributed by atoms with E-state index in [-0.39, 0.29) is 29.9 Å². The summed E-state index contributed by atoms with van der Waals surface area (Å²) in [5.41, 5.74) is 0.688. The van der Waals surface area contributed by atoms with Crippen LogP contribution in [0.1, 0.15) is 16.8 Å². The van der Waals surface area contributed by atoms with Crippen molar-refractivity contribution >= 4 is 35.8 Å². The highest BCUT2D eigenvalue weighted by Gasteiger charge is 2.03. The van der Waals surface area contributed by atoms with Crippen molar-refractivity contribution in [1.29, 1.82) is 0 Å². The summed E-state index contributed by atoms with van der Waals surface area (Å²) >= 11 is 0. The average molecular weight is 455 g/mol. The molecule has 1 heterocycles. The van der Waals surface area contributed by atoms with Crippen molar-refractivity contribution in [1.82, 2.24) is 20.5 Å². The van der Waals surface area contributed by atoms with Gasteiger partial charge in [-0.1, -0.05) is 18.2 Å². The van der Waals surface area contributed by atoms with E-state index in [1.165, 1.54) is 0 Å². The number of carbonyl (C=O) groups is 1. The number of hydrogen-bond donors (Lipinski definition) is 3. The Morgan fingerprint density at radius 2 is 1.60 bits per heavy atom. The van der Waals surface area contributed by atoms with Gasteiger partial charge in [-0.2, -0.15) is 0 Å². The Morgan fingerprint density at radius 3 is 2.28 bits per heavy atom. The molecule has 136 valence electrons. The second-order valence-electron chi connectivity index (χ2n) is 5.32. The number of halogens is 1. The van der Waals surface area contributed by atoms with Gasteiger partial charge in [-0.05, 0) is 30.7 Å². The fourth-order valence-corrected chi connectivity index (χ4v) is 2.23. The molecule has 0 saturated carbocycles. The molecule has 2 rings (SSSR count).